The van der Waals surface area contributed by atoms with Gasteiger partial charge in [-0.1, -0.05) is 15.9 Å². The summed E-state index contributed by atoms with van der Waals surface area (Å²) in [5.41, 5.74) is 0.417. The lowest BCUT2D eigenvalue weighted by atomic mass is 10.2. The molecule has 0 aliphatic carbocycles. The van der Waals surface area contributed by atoms with Gasteiger partial charge in [-0.15, -0.1) is 0 Å². The Balaban J connectivity index is 2.95. The van der Waals surface area contributed by atoms with Gasteiger partial charge in [0.15, 0.2) is 0 Å². The molecule has 1 unspecified atom stereocenters. The molecular formula is C11H12BrNO5. The molecule has 0 spiro atoms. The van der Waals surface area contributed by atoms with E-state index >= 15 is 0 Å². The first-order chi connectivity index (χ1) is 8.43. The van der Waals surface area contributed by atoms with Crippen LogP contribution in [-0.2, 0) is 9.59 Å². The Hall–Kier alpha value is -1.76. The minimum atomic E-state index is -1.24. The molecule has 6 nitrogen and oxygen atoms in total. The molecule has 0 bridgehead atoms. The summed E-state index contributed by atoms with van der Waals surface area (Å²) in [5, 5.41) is 20.2. The van der Waals surface area contributed by atoms with Crippen LogP contribution in [0.5, 0.6) is 5.75 Å². The molecular weight excluding hydrogens is 306 g/mol. The van der Waals surface area contributed by atoms with Crippen LogP contribution >= 0.6 is 15.9 Å². The van der Waals surface area contributed by atoms with E-state index in [0.29, 0.717) is 11.4 Å². The number of carboxylic acids is 2. The Morgan fingerprint density at radius 1 is 1.44 bits per heavy atom. The van der Waals surface area contributed by atoms with Crippen molar-refractivity contribution in [2.45, 2.75) is 12.5 Å². The number of carbonyl (C=O) groups is 2. The number of aliphatic carboxylic acids is 2. The van der Waals surface area contributed by atoms with Gasteiger partial charge in [0.25, 0.3) is 0 Å². The number of benzene rings is 1. The minimum Gasteiger partial charge on any atom is -0.495 e. The molecule has 0 heterocycles. The van der Waals surface area contributed by atoms with Crippen molar-refractivity contribution < 1.29 is 24.5 Å². The van der Waals surface area contributed by atoms with Crippen LogP contribution in [0.2, 0.25) is 0 Å². The minimum absolute atomic E-state index is 0.417. The van der Waals surface area contributed by atoms with Gasteiger partial charge in [-0.25, -0.2) is 4.79 Å². The molecule has 3 N–H and O–H groups in total. The Morgan fingerprint density at radius 3 is 2.61 bits per heavy atom. The maximum atomic E-state index is 10.9. The fourth-order valence-electron chi connectivity index (χ4n) is 1.36. The lowest BCUT2D eigenvalue weighted by Crippen LogP contribution is -2.31. The van der Waals surface area contributed by atoms with Gasteiger partial charge in [-0.05, 0) is 18.2 Å². The number of anilines is 1. The Morgan fingerprint density at radius 2 is 2.11 bits per heavy atom. The number of ether oxygens (including phenoxy) is 1. The van der Waals surface area contributed by atoms with Crippen molar-refractivity contribution in [3.63, 3.8) is 0 Å². The zero-order chi connectivity index (χ0) is 13.7. The first kappa shape index (κ1) is 14.3. The van der Waals surface area contributed by atoms with Gasteiger partial charge in [0.2, 0.25) is 0 Å². The highest BCUT2D eigenvalue weighted by atomic mass is 79.9. The highest BCUT2D eigenvalue weighted by Crippen LogP contribution is 2.28. The molecule has 1 atom stereocenters. The quantitative estimate of drug-likeness (QED) is 0.740. The smallest absolute Gasteiger partial charge is 0.326 e. The molecule has 1 aromatic carbocycles. The topological polar surface area (TPSA) is 95.9 Å². The zero-order valence-electron chi connectivity index (χ0n) is 9.51. The molecule has 18 heavy (non-hydrogen) atoms. The van der Waals surface area contributed by atoms with Gasteiger partial charge >= 0.3 is 11.9 Å². The van der Waals surface area contributed by atoms with Gasteiger partial charge in [0.05, 0.1) is 19.2 Å². The summed E-state index contributed by atoms with van der Waals surface area (Å²) in [5.74, 6) is -1.99. The van der Waals surface area contributed by atoms with Crippen molar-refractivity contribution in [1.29, 1.82) is 0 Å². The molecule has 0 fully saturated rings. The maximum absolute atomic E-state index is 10.9. The second-order valence-corrected chi connectivity index (χ2v) is 4.39. The third-order valence-corrected chi connectivity index (χ3v) is 2.66. The van der Waals surface area contributed by atoms with Crippen LogP contribution in [-0.4, -0.2) is 35.3 Å². The number of carboxylic acid groups (broad SMARTS) is 2. The van der Waals surface area contributed by atoms with E-state index in [1.807, 2.05) is 0 Å². The monoisotopic (exact) mass is 317 g/mol. The maximum Gasteiger partial charge on any atom is 0.326 e. The summed E-state index contributed by atoms with van der Waals surface area (Å²) in [6, 6.07) is 3.78. The normalized spacial score (nSPS) is 11.7. The van der Waals surface area contributed by atoms with Gasteiger partial charge in [-0.2, -0.15) is 0 Å². The summed E-state index contributed by atoms with van der Waals surface area (Å²) in [7, 11) is 1.45. The van der Waals surface area contributed by atoms with Crippen molar-refractivity contribution in [2.75, 3.05) is 12.4 Å². The largest absolute Gasteiger partial charge is 0.495 e. The van der Waals surface area contributed by atoms with Gasteiger partial charge in [0.1, 0.15) is 11.8 Å². The number of rotatable bonds is 6. The van der Waals surface area contributed by atoms with Crippen LogP contribution in [0.1, 0.15) is 6.42 Å². The van der Waals surface area contributed by atoms with Crippen LogP contribution in [0, 0.1) is 0 Å². The lowest BCUT2D eigenvalue weighted by molar-refractivity contribution is -0.144. The number of hydrogen-bond donors (Lipinski definition) is 3. The first-order valence-electron chi connectivity index (χ1n) is 4.98. The number of nitrogens with one attached hydrogen (secondary N) is 1. The molecule has 0 aliphatic heterocycles. The first-order valence-corrected chi connectivity index (χ1v) is 5.78. The predicted octanol–water partition coefficient (Wildman–Crippen LogP) is 1.80. The average molecular weight is 318 g/mol. The van der Waals surface area contributed by atoms with Crippen molar-refractivity contribution in [1.82, 2.24) is 0 Å². The van der Waals surface area contributed by atoms with E-state index in [2.05, 4.69) is 21.2 Å². The number of hydrogen-bond acceptors (Lipinski definition) is 4. The van der Waals surface area contributed by atoms with Gasteiger partial charge in [0, 0.05) is 4.47 Å². The van der Waals surface area contributed by atoms with Crippen molar-refractivity contribution in [2.24, 2.45) is 0 Å². The van der Waals surface area contributed by atoms with E-state index in [1.165, 1.54) is 7.11 Å². The molecule has 0 radical (unpaired) electrons. The van der Waals surface area contributed by atoms with Crippen LogP contribution in [0.3, 0.4) is 0 Å². The lowest BCUT2D eigenvalue weighted by Gasteiger charge is -2.16. The average Bonchev–Trinajstić information content (AvgIpc) is 2.27. The molecule has 7 heteroatoms. The molecule has 0 amide bonds. The highest BCUT2D eigenvalue weighted by Gasteiger charge is 2.22. The van der Waals surface area contributed by atoms with E-state index in [1.54, 1.807) is 18.2 Å². The van der Waals surface area contributed by atoms with E-state index in [0.717, 1.165) is 4.47 Å². The number of halogens is 1. The second kappa shape index (κ2) is 6.25. The fourth-order valence-corrected chi connectivity index (χ4v) is 1.72. The summed E-state index contributed by atoms with van der Waals surface area (Å²) in [6.45, 7) is 0. The van der Waals surface area contributed by atoms with E-state index in [4.69, 9.17) is 14.9 Å². The van der Waals surface area contributed by atoms with E-state index in [-0.39, 0.29) is 0 Å². The molecule has 0 aromatic heterocycles. The molecule has 1 aromatic rings. The predicted molar refractivity (Wildman–Crippen MR) is 68.0 cm³/mol. The van der Waals surface area contributed by atoms with Gasteiger partial charge < -0.3 is 20.3 Å². The van der Waals surface area contributed by atoms with Crippen LogP contribution < -0.4 is 10.1 Å². The third kappa shape index (κ3) is 3.92. The molecule has 1 rings (SSSR count). The van der Waals surface area contributed by atoms with Crippen LogP contribution in [0.15, 0.2) is 22.7 Å². The number of methoxy groups -OCH3 is 1. The van der Waals surface area contributed by atoms with Crippen LogP contribution in [0.4, 0.5) is 5.69 Å². The third-order valence-electron chi connectivity index (χ3n) is 2.17. The molecule has 0 saturated carbocycles. The second-order valence-electron chi connectivity index (χ2n) is 3.48. The van der Waals surface area contributed by atoms with E-state index < -0.39 is 24.4 Å². The SMILES string of the molecule is COc1ccc(Br)cc1NC(CC(=O)O)C(=O)O. The Labute approximate surface area is 112 Å². The fraction of sp³-hybridized carbons (Fsp3) is 0.273. The summed E-state index contributed by atoms with van der Waals surface area (Å²) in [4.78, 5) is 21.5. The Bertz CT molecular complexity index is 463. The van der Waals surface area contributed by atoms with Gasteiger partial charge in [-0.3, -0.25) is 4.79 Å². The highest BCUT2D eigenvalue weighted by molar-refractivity contribution is 9.10. The molecule has 0 saturated heterocycles. The summed E-state index contributed by atoms with van der Waals surface area (Å²) >= 11 is 3.24. The van der Waals surface area contributed by atoms with Crippen molar-refractivity contribution in [3.05, 3.63) is 22.7 Å². The summed E-state index contributed by atoms with van der Waals surface area (Å²) < 4.78 is 5.79. The Kier molecular flexibility index (Phi) is 4.96. The van der Waals surface area contributed by atoms with Crippen molar-refractivity contribution >= 4 is 33.6 Å². The van der Waals surface area contributed by atoms with E-state index in [9.17, 15) is 9.59 Å². The van der Waals surface area contributed by atoms with Crippen LogP contribution in [0.25, 0.3) is 0 Å². The zero-order valence-corrected chi connectivity index (χ0v) is 11.1. The standard InChI is InChI=1S/C11H12BrNO5/c1-18-9-3-2-6(12)4-7(9)13-8(11(16)17)5-10(14)15/h2-4,8,13H,5H2,1H3,(H,14,15)(H,16,17). The molecule has 98 valence electrons. The summed E-state index contributed by atoms with van der Waals surface area (Å²) in [6.07, 6.45) is -0.523. The van der Waals surface area contributed by atoms with Crippen molar-refractivity contribution in [3.8, 4) is 5.75 Å². The molecule has 0 aliphatic rings.